The molecule has 98 valence electrons. The SMILES string of the molecule is COCCNC(=O)c1ccc([N+](=O)[O-])c(OC)c1. The van der Waals surface area contributed by atoms with Gasteiger partial charge in [0.1, 0.15) is 0 Å². The van der Waals surface area contributed by atoms with Crippen LogP contribution in [0.4, 0.5) is 5.69 Å². The number of hydrogen-bond donors (Lipinski definition) is 1. The molecule has 0 aliphatic heterocycles. The largest absolute Gasteiger partial charge is 0.490 e. The Balaban J connectivity index is 2.85. The molecule has 7 heteroatoms. The van der Waals surface area contributed by atoms with Gasteiger partial charge in [0.05, 0.1) is 18.6 Å². The highest BCUT2D eigenvalue weighted by Gasteiger charge is 2.17. The summed E-state index contributed by atoms with van der Waals surface area (Å²) in [5.41, 5.74) is 0.125. The van der Waals surface area contributed by atoms with Gasteiger partial charge >= 0.3 is 5.69 Å². The summed E-state index contributed by atoms with van der Waals surface area (Å²) in [6, 6.07) is 3.95. The molecule has 1 aromatic carbocycles. The van der Waals surface area contributed by atoms with Crippen molar-refractivity contribution in [1.82, 2.24) is 5.32 Å². The average molecular weight is 254 g/mol. The van der Waals surface area contributed by atoms with E-state index in [2.05, 4.69) is 5.32 Å². The number of nitro benzene ring substituents is 1. The zero-order chi connectivity index (χ0) is 13.5. The third-order valence-electron chi connectivity index (χ3n) is 2.23. The topological polar surface area (TPSA) is 90.7 Å². The molecule has 0 saturated heterocycles. The summed E-state index contributed by atoms with van der Waals surface area (Å²) in [4.78, 5) is 21.8. The molecule has 0 aliphatic rings. The van der Waals surface area contributed by atoms with Crippen molar-refractivity contribution < 1.29 is 19.2 Å². The van der Waals surface area contributed by atoms with Crippen molar-refractivity contribution in [2.45, 2.75) is 0 Å². The van der Waals surface area contributed by atoms with Crippen LogP contribution in [-0.2, 0) is 4.74 Å². The molecular weight excluding hydrogens is 240 g/mol. The van der Waals surface area contributed by atoms with Crippen molar-refractivity contribution in [2.75, 3.05) is 27.4 Å². The molecule has 1 aromatic rings. The van der Waals surface area contributed by atoms with Gasteiger partial charge in [0.15, 0.2) is 5.75 Å². The third kappa shape index (κ3) is 3.42. The Hall–Kier alpha value is -2.15. The Kier molecular flexibility index (Phi) is 5.06. The number of nitrogens with zero attached hydrogens (tertiary/aromatic N) is 1. The van der Waals surface area contributed by atoms with Gasteiger partial charge in [-0.2, -0.15) is 0 Å². The number of ether oxygens (including phenoxy) is 2. The van der Waals surface area contributed by atoms with Gasteiger partial charge in [-0.1, -0.05) is 0 Å². The molecule has 0 bridgehead atoms. The Bertz CT molecular complexity index is 447. The summed E-state index contributed by atoms with van der Waals surface area (Å²) in [6.07, 6.45) is 0. The van der Waals surface area contributed by atoms with Crippen molar-refractivity contribution in [2.24, 2.45) is 0 Å². The van der Waals surface area contributed by atoms with Crippen LogP contribution in [0.15, 0.2) is 18.2 Å². The van der Waals surface area contributed by atoms with Crippen LogP contribution in [0.3, 0.4) is 0 Å². The highest BCUT2D eigenvalue weighted by molar-refractivity contribution is 5.95. The van der Waals surface area contributed by atoms with E-state index < -0.39 is 4.92 Å². The molecule has 0 aliphatic carbocycles. The van der Waals surface area contributed by atoms with E-state index in [0.717, 1.165) is 0 Å². The molecular formula is C11H14N2O5. The van der Waals surface area contributed by atoms with Gasteiger partial charge in [-0.15, -0.1) is 0 Å². The van der Waals surface area contributed by atoms with Crippen LogP contribution in [0.1, 0.15) is 10.4 Å². The van der Waals surface area contributed by atoms with E-state index in [0.29, 0.717) is 18.7 Å². The van der Waals surface area contributed by atoms with Crippen molar-refractivity contribution in [3.63, 3.8) is 0 Å². The number of amides is 1. The summed E-state index contributed by atoms with van der Waals surface area (Å²) in [7, 11) is 2.84. The van der Waals surface area contributed by atoms with Gasteiger partial charge < -0.3 is 14.8 Å². The van der Waals surface area contributed by atoms with Crippen LogP contribution in [0, 0.1) is 10.1 Å². The fourth-order valence-electron chi connectivity index (χ4n) is 1.34. The normalized spacial score (nSPS) is 9.89. The maximum Gasteiger partial charge on any atom is 0.310 e. The number of benzene rings is 1. The fourth-order valence-corrected chi connectivity index (χ4v) is 1.34. The zero-order valence-electron chi connectivity index (χ0n) is 10.1. The van der Waals surface area contributed by atoms with Gasteiger partial charge in [0.2, 0.25) is 0 Å². The van der Waals surface area contributed by atoms with E-state index in [9.17, 15) is 14.9 Å². The lowest BCUT2D eigenvalue weighted by atomic mass is 10.2. The number of carbonyl (C=O) groups excluding carboxylic acids is 1. The number of nitro groups is 1. The number of rotatable bonds is 6. The average Bonchev–Trinajstić information content (AvgIpc) is 2.37. The summed E-state index contributed by atoms with van der Waals surface area (Å²) in [5.74, 6) is -0.278. The predicted molar refractivity (Wildman–Crippen MR) is 63.9 cm³/mol. The Morgan fingerprint density at radius 2 is 2.17 bits per heavy atom. The van der Waals surface area contributed by atoms with E-state index in [4.69, 9.17) is 9.47 Å². The maximum absolute atomic E-state index is 11.7. The van der Waals surface area contributed by atoms with E-state index in [1.54, 1.807) is 0 Å². The maximum atomic E-state index is 11.7. The Morgan fingerprint density at radius 3 is 2.72 bits per heavy atom. The van der Waals surface area contributed by atoms with Gasteiger partial charge in [-0.3, -0.25) is 14.9 Å². The molecule has 0 saturated carbocycles. The van der Waals surface area contributed by atoms with Gasteiger partial charge in [0, 0.05) is 31.4 Å². The minimum atomic E-state index is -0.564. The monoisotopic (exact) mass is 254 g/mol. The van der Waals surface area contributed by atoms with Crippen LogP contribution >= 0.6 is 0 Å². The van der Waals surface area contributed by atoms with Crippen molar-refractivity contribution in [1.29, 1.82) is 0 Å². The van der Waals surface area contributed by atoms with E-state index in [1.165, 1.54) is 32.4 Å². The van der Waals surface area contributed by atoms with E-state index in [1.807, 2.05) is 0 Å². The van der Waals surface area contributed by atoms with Crippen LogP contribution in [0.25, 0.3) is 0 Å². The lowest BCUT2D eigenvalue weighted by molar-refractivity contribution is -0.385. The van der Waals surface area contributed by atoms with Gasteiger partial charge in [-0.25, -0.2) is 0 Å². The van der Waals surface area contributed by atoms with E-state index >= 15 is 0 Å². The standard InChI is InChI=1S/C11H14N2O5/c1-17-6-5-12-11(14)8-3-4-9(13(15)16)10(7-8)18-2/h3-4,7H,5-6H2,1-2H3,(H,12,14). The number of nitrogens with one attached hydrogen (secondary N) is 1. The Morgan fingerprint density at radius 1 is 1.44 bits per heavy atom. The van der Waals surface area contributed by atoms with Crippen LogP contribution in [0.5, 0.6) is 5.75 Å². The van der Waals surface area contributed by atoms with Crippen molar-refractivity contribution in [3.05, 3.63) is 33.9 Å². The smallest absolute Gasteiger partial charge is 0.310 e. The number of carbonyl (C=O) groups is 1. The quantitative estimate of drug-likeness (QED) is 0.464. The molecule has 0 radical (unpaired) electrons. The lowest BCUT2D eigenvalue weighted by Crippen LogP contribution is -2.26. The minimum absolute atomic E-state index is 0.0550. The first-order valence-electron chi connectivity index (χ1n) is 5.19. The van der Waals surface area contributed by atoms with Crippen LogP contribution in [-0.4, -0.2) is 38.2 Å². The highest BCUT2D eigenvalue weighted by Crippen LogP contribution is 2.27. The molecule has 1 amide bonds. The first kappa shape index (κ1) is 13.9. The first-order valence-corrected chi connectivity index (χ1v) is 5.19. The molecule has 1 rings (SSSR count). The second-order valence-corrected chi connectivity index (χ2v) is 3.39. The molecule has 0 unspecified atom stereocenters. The molecule has 0 atom stereocenters. The second kappa shape index (κ2) is 6.55. The molecule has 0 spiro atoms. The number of hydrogen-bond acceptors (Lipinski definition) is 5. The van der Waals surface area contributed by atoms with Gasteiger partial charge in [0.25, 0.3) is 5.91 Å². The summed E-state index contributed by atoms with van der Waals surface area (Å²) in [5, 5.41) is 13.3. The van der Waals surface area contributed by atoms with Crippen LogP contribution in [0.2, 0.25) is 0 Å². The zero-order valence-corrected chi connectivity index (χ0v) is 10.1. The van der Waals surface area contributed by atoms with E-state index in [-0.39, 0.29) is 17.3 Å². The van der Waals surface area contributed by atoms with Crippen molar-refractivity contribution >= 4 is 11.6 Å². The minimum Gasteiger partial charge on any atom is -0.490 e. The van der Waals surface area contributed by atoms with Gasteiger partial charge in [-0.05, 0) is 6.07 Å². The molecule has 0 fully saturated rings. The van der Waals surface area contributed by atoms with Crippen molar-refractivity contribution in [3.8, 4) is 5.75 Å². The predicted octanol–water partition coefficient (Wildman–Crippen LogP) is 0.980. The lowest BCUT2D eigenvalue weighted by Gasteiger charge is -2.06. The summed E-state index contributed by atoms with van der Waals surface area (Å²) < 4.78 is 9.67. The summed E-state index contributed by atoms with van der Waals surface area (Å²) >= 11 is 0. The molecule has 0 aromatic heterocycles. The van der Waals surface area contributed by atoms with Crippen LogP contribution < -0.4 is 10.1 Å². The summed E-state index contributed by atoms with van der Waals surface area (Å²) in [6.45, 7) is 0.768. The first-order chi connectivity index (χ1) is 8.60. The molecule has 0 heterocycles. The second-order valence-electron chi connectivity index (χ2n) is 3.39. The number of methoxy groups -OCH3 is 2. The third-order valence-corrected chi connectivity index (χ3v) is 2.23. The fraction of sp³-hybridized carbons (Fsp3) is 0.364. The molecule has 1 N–H and O–H groups in total. The molecule has 7 nitrogen and oxygen atoms in total. The Labute approximate surface area is 104 Å². The highest BCUT2D eigenvalue weighted by atomic mass is 16.6. The molecule has 18 heavy (non-hydrogen) atoms.